The van der Waals surface area contributed by atoms with Crippen LogP contribution in [0.5, 0.6) is 0 Å². The highest BCUT2D eigenvalue weighted by Crippen LogP contribution is 2.30. The van der Waals surface area contributed by atoms with Crippen LogP contribution in [0.25, 0.3) is 0 Å². The first-order valence-corrected chi connectivity index (χ1v) is 6.71. The van der Waals surface area contributed by atoms with Gasteiger partial charge in [0.25, 0.3) is 0 Å². The van der Waals surface area contributed by atoms with Crippen LogP contribution < -0.4 is 5.32 Å². The van der Waals surface area contributed by atoms with Gasteiger partial charge in [0.2, 0.25) is 0 Å². The highest BCUT2D eigenvalue weighted by molar-refractivity contribution is 7.99. The summed E-state index contributed by atoms with van der Waals surface area (Å²) in [5, 5.41) is 4.48. The van der Waals surface area contributed by atoms with E-state index in [0.717, 1.165) is 10.8 Å². The molecule has 15 heavy (non-hydrogen) atoms. The molecule has 1 aliphatic rings. The minimum atomic E-state index is 0.218. The lowest BCUT2D eigenvalue weighted by Crippen LogP contribution is -2.48. The Morgan fingerprint density at radius 1 is 1.47 bits per heavy atom. The minimum absolute atomic E-state index is 0.218. The van der Waals surface area contributed by atoms with E-state index in [2.05, 4.69) is 31.3 Å². The van der Waals surface area contributed by atoms with Gasteiger partial charge in [0.1, 0.15) is 0 Å². The molecule has 0 amide bonds. The fraction of sp³-hybridized carbons (Fsp3) is 0.500. The monoisotopic (exact) mass is 241 g/mol. The normalized spacial score (nSPS) is 25.1. The van der Waals surface area contributed by atoms with Gasteiger partial charge < -0.3 is 5.32 Å². The highest BCUT2D eigenvalue weighted by Gasteiger charge is 2.28. The maximum atomic E-state index is 6.00. The average molecular weight is 242 g/mol. The summed E-state index contributed by atoms with van der Waals surface area (Å²) < 4.78 is 0. The van der Waals surface area contributed by atoms with E-state index in [-0.39, 0.29) is 5.54 Å². The highest BCUT2D eigenvalue weighted by atomic mass is 35.5. The Morgan fingerprint density at radius 3 is 2.93 bits per heavy atom. The largest absolute Gasteiger partial charge is 0.303 e. The quantitative estimate of drug-likeness (QED) is 0.808. The third kappa shape index (κ3) is 2.90. The van der Waals surface area contributed by atoms with Crippen LogP contribution in [-0.4, -0.2) is 17.0 Å². The topological polar surface area (TPSA) is 12.0 Å². The molecule has 0 saturated carbocycles. The molecule has 1 nitrogen and oxygen atoms in total. The molecule has 82 valence electrons. The van der Waals surface area contributed by atoms with Crippen molar-refractivity contribution in [2.24, 2.45) is 0 Å². The minimum Gasteiger partial charge on any atom is -0.303 e. The number of rotatable bonds is 1. The summed E-state index contributed by atoms with van der Waals surface area (Å²) in [6.07, 6.45) is 0. The molecular weight excluding hydrogens is 226 g/mol. The van der Waals surface area contributed by atoms with Gasteiger partial charge in [0.15, 0.2) is 0 Å². The number of thioether (sulfide) groups is 1. The maximum absolute atomic E-state index is 6.00. The molecule has 0 aromatic heterocycles. The Labute approximate surface area is 101 Å². The first-order chi connectivity index (χ1) is 7.07. The fourth-order valence-electron chi connectivity index (χ4n) is 1.89. The van der Waals surface area contributed by atoms with Crippen molar-refractivity contribution in [1.29, 1.82) is 0 Å². The predicted octanol–water partition coefficient (Wildman–Crippen LogP) is 3.50. The third-order valence-corrected chi connectivity index (χ3v) is 4.29. The molecule has 0 bridgehead atoms. The number of hydrogen-bond donors (Lipinski definition) is 1. The van der Waals surface area contributed by atoms with Gasteiger partial charge in [-0.2, -0.15) is 11.8 Å². The Balaban J connectivity index is 2.17. The summed E-state index contributed by atoms with van der Waals surface area (Å²) in [6, 6.07) is 8.57. The molecule has 1 unspecified atom stereocenters. The Kier molecular flexibility index (Phi) is 3.29. The van der Waals surface area contributed by atoms with Crippen molar-refractivity contribution in [1.82, 2.24) is 5.32 Å². The standard InChI is InChI=1S/C12H16ClNS/c1-12(2)8-15-7-11(14-12)9-4-3-5-10(13)6-9/h3-6,11,14H,7-8H2,1-2H3. The lowest BCUT2D eigenvalue weighted by Gasteiger charge is -2.37. The Hall–Kier alpha value is -0.180. The molecule has 0 radical (unpaired) electrons. The van der Waals surface area contributed by atoms with Gasteiger partial charge in [0.05, 0.1) is 0 Å². The molecule has 1 N–H and O–H groups in total. The van der Waals surface area contributed by atoms with Gasteiger partial charge in [0, 0.05) is 28.1 Å². The molecule has 1 aliphatic heterocycles. The summed E-state index contributed by atoms with van der Waals surface area (Å²) in [5.74, 6) is 2.30. The summed E-state index contributed by atoms with van der Waals surface area (Å²) in [5.41, 5.74) is 1.51. The second kappa shape index (κ2) is 4.36. The van der Waals surface area contributed by atoms with Gasteiger partial charge >= 0.3 is 0 Å². The lowest BCUT2D eigenvalue weighted by atomic mass is 10.0. The predicted molar refractivity (Wildman–Crippen MR) is 68.7 cm³/mol. The van der Waals surface area contributed by atoms with Crippen molar-refractivity contribution in [3.63, 3.8) is 0 Å². The molecule has 1 aromatic carbocycles. The number of nitrogens with one attached hydrogen (secondary N) is 1. The summed E-state index contributed by atoms with van der Waals surface area (Å²) >= 11 is 8.01. The van der Waals surface area contributed by atoms with Crippen LogP contribution in [0.1, 0.15) is 25.5 Å². The summed E-state index contributed by atoms with van der Waals surface area (Å²) in [7, 11) is 0. The third-order valence-electron chi connectivity index (χ3n) is 2.56. The molecule has 1 heterocycles. The van der Waals surface area contributed by atoms with E-state index < -0.39 is 0 Å². The molecule has 3 heteroatoms. The second-order valence-corrected chi connectivity index (χ2v) is 6.12. The van der Waals surface area contributed by atoms with E-state index in [4.69, 9.17) is 11.6 Å². The number of halogens is 1. The molecule has 1 saturated heterocycles. The smallest absolute Gasteiger partial charge is 0.0416 e. The molecule has 1 aromatic rings. The molecular formula is C12H16ClNS. The fourth-order valence-corrected chi connectivity index (χ4v) is 3.31. The van der Waals surface area contributed by atoms with E-state index in [0.29, 0.717) is 6.04 Å². The van der Waals surface area contributed by atoms with Crippen molar-refractivity contribution >= 4 is 23.4 Å². The van der Waals surface area contributed by atoms with Gasteiger partial charge in [-0.05, 0) is 31.5 Å². The van der Waals surface area contributed by atoms with Crippen molar-refractivity contribution in [3.8, 4) is 0 Å². The lowest BCUT2D eigenvalue weighted by molar-refractivity contribution is 0.376. The Morgan fingerprint density at radius 2 is 2.27 bits per heavy atom. The van der Waals surface area contributed by atoms with Crippen molar-refractivity contribution in [2.75, 3.05) is 11.5 Å². The zero-order valence-corrected chi connectivity index (χ0v) is 10.7. The summed E-state index contributed by atoms with van der Waals surface area (Å²) in [6.45, 7) is 4.49. The van der Waals surface area contributed by atoms with Crippen LogP contribution in [0.2, 0.25) is 5.02 Å². The van der Waals surface area contributed by atoms with Crippen molar-refractivity contribution < 1.29 is 0 Å². The van der Waals surface area contributed by atoms with Crippen molar-refractivity contribution in [2.45, 2.75) is 25.4 Å². The Bertz CT molecular complexity index is 351. The van der Waals surface area contributed by atoms with Crippen LogP contribution >= 0.6 is 23.4 Å². The van der Waals surface area contributed by atoms with Crippen LogP contribution in [0.3, 0.4) is 0 Å². The van der Waals surface area contributed by atoms with Gasteiger partial charge in [-0.1, -0.05) is 23.7 Å². The molecule has 0 spiro atoms. The van der Waals surface area contributed by atoms with E-state index in [1.807, 2.05) is 23.9 Å². The first-order valence-electron chi connectivity index (χ1n) is 5.18. The zero-order chi connectivity index (χ0) is 10.9. The van der Waals surface area contributed by atoms with Gasteiger partial charge in [-0.15, -0.1) is 0 Å². The SMILES string of the molecule is CC1(C)CSCC(c2cccc(Cl)c2)N1. The van der Waals surface area contributed by atoms with E-state index in [1.54, 1.807) is 0 Å². The van der Waals surface area contributed by atoms with Crippen LogP contribution in [0, 0.1) is 0 Å². The van der Waals surface area contributed by atoms with E-state index in [1.165, 1.54) is 11.3 Å². The molecule has 1 atom stereocenters. The van der Waals surface area contributed by atoms with Crippen LogP contribution in [0.15, 0.2) is 24.3 Å². The molecule has 1 fully saturated rings. The van der Waals surface area contributed by atoms with E-state index in [9.17, 15) is 0 Å². The van der Waals surface area contributed by atoms with Gasteiger partial charge in [-0.25, -0.2) is 0 Å². The second-order valence-electron chi connectivity index (χ2n) is 4.65. The maximum Gasteiger partial charge on any atom is 0.0416 e. The average Bonchev–Trinajstić information content (AvgIpc) is 2.16. The summed E-state index contributed by atoms with van der Waals surface area (Å²) in [4.78, 5) is 0. The van der Waals surface area contributed by atoms with Crippen molar-refractivity contribution in [3.05, 3.63) is 34.9 Å². The molecule has 0 aliphatic carbocycles. The van der Waals surface area contributed by atoms with Gasteiger partial charge in [-0.3, -0.25) is 0 Å². The zero-order valence-electron chi connectivity index (χ0n) is 9.09. The van der Waals surface area contributed by atoms with Crippen LogP contribution in [-0.2, 0) is 0 Å². The van der Waals surface area contributed by atoms with Crippen LogP contribution in [0.4, 0.5) is 0 Å². The molecule has 2 rings (SSSR count). The number of benzene rings is 1. The van der Waals surface area contributed by atoms with E-state index >= 15 is 0 Å². The number of hydrogen-bond acceptors (Lipinski definition) is 2. The first kappa shape index (κ1) is 11.3.